The Morgan fingerprint density at radius 2 is 1.88 bits per heavy atom. The molecular weight excluding hydrogens is 230 g/mol. The summed E-state index contributed by atoms with van der Waals surface area (Å²) in [4.78, 5) is 10.9. The molecule has 2 N–H and O–H groups in total. The van der Waals surface area contributed by atoms with Gasteiger partial charge in [-0.25, -0.2) is 8.42 Å². The average molecular weight is 251 g/mol. The van der Waals surface area contributed by atoms with Crippen molar-refractivity contribution in [1.82, 2.24) is 5.32 Å². The van der Waals surface area contributed by atoms with Gasteiger partial charge in [-0.15, -0.1) is 0 Å². The van der Waals surface area contributed by atoms with Crippen molar-refractivity contribution in [2.45, 2.75) is 39.2 Å². The molecule has 0 saturated carbocycles. The lowest BCUT2D eigenvalue weighted by Gasteiger charge is -2.24. The molecule has 0 heterocycles. The van der Waals surface area contributed by atoms with Crippen LogP contribution in [0.1, 0.15) is 33.6 Å². The lowest BCUT2D eigenvalue weighted by Crippen LogP contribution is -2.50. The van der Waals surface area contributed by atoms with Crippen molar-refractivity contribution in [3.63, 3.8) is 0 Å². The van der Waals surface area contributed by atoms with Gasteiger partial charge in [-0.05, 0) is 19.8 Å². The average Bonchev–Trinajstić information content (AvgIpc) is 2.16. The minimum Gasteiger partial charge on any atom is -0.480 e. The molecule has 0 aliphatic carbocycles. The highest BCUT2D eigenvalue weighted by atomic mass is 32.2. The van der Waals surface area contributed by atoms with Crippen LogP contribution in [0.4, 0.5) is 0 Å². The lowest BCUT2D eigenvalue weighted by atomic mass is 9.99. The van der Waals surface area contributed by atoms with Crippen molar-refractivity contribution >= 4 is 15.8 Å². The second kappa shape index (κ2) is 6.20. The molecular formula is C10H21NO4S. The van der Waals surface area contributed by atoms with Gasteiger partial charge in [0.2, 0.25) is 0 Å². The van der Waals surface area contributed by atoms with Gasteiger partial charge in [0.25, 0.3) is 0 Å². The largest absolute Gasteiger partial charge is 0.480 e. The molecule has 0 aliphatic rings. The van der Waals surface area contributed by atoms with Crippen LogP contribution in [0.5, 0.6) is 0 Å². The van der Waals surface area contributed by atoms with Crippen molar-refractivity contribution in [3.8, 4) is 0 Å². The molecule has 0 amide bonds. The molecule has 0 radical (unpaired) electrons. The molecule has 0 aromatic heterocycles. The van der Waals surface area contributed by atoms with E-state index in [4.69, 9.17) is 5.11 Å². The minimum absolute atomic E-state index is 0.0102. The first-order chi connectivity index (χ1) is 7.27. The third kappa shape index (κ3) is 4.94. The van der Waals surface area contributed by atoms with E-state index in [1.54, 1.807) is 20.8 Å². The van der Waals surface area contributed by atoms with Gasteiger partial charge >= 0.3 is 5.97 Å². The molecule has 16 heavy (non-hydrogen) atoms. The first-order valence-corrected chi connectivity index (χ1v) is 7.28. The van der Waals surface area contributed by atoms with Crippen molar-refractivity contribution in [2.24, 2.45) is 0 Å². The van der Waals surface area contributed by atoms with Crippen LogP contribution in [0, 0.1) is 0 Å². The monoisotopic (exact) mass is 251 g/mol. The molecule has 0 saturated heterocycles. The third-order valence-corrected chi connectivity index (χ3v) is 4.48. The number of carboxylic acids is 1. The Labute approximate surface area is 97.2 Å². The standard InChI is InChI=1S/C10H21NO4S/c1-4-7-16(14,15)8-6-11-10(3,5-2)9(12)13/h11H,4-8H2,1-3H3,(H,12,13). The van der Waals surface area contributed by atoms with Gasteiger partial charge in [-0.3, -0.25) is 4.79 Å². The Bertz CT molecular complexity index is 326. The van der Waals surface area contributed by atoms with Crippen LogP contribution < -0.4 is 5.32 Å². The number of aliphatic carboxylic acids is 1. The Kier molecular flexibility index (Phi) is 5.96. The molecule has 0 aromatic rings. The molecule has 0 spiro atoms. The Morgan fingerprint density at radius 1 is 1.31 bits per heavy atom. The molecule has 1 unspecified atom stereocenters. The summed E-state index contributed by atoms with van der Waals surface area (Å²) in [6, 6.07) is 0. The summed E-state index contributed by atoms with van der Waals surface area (Å²) in [5.41, 5.74) is -1.04. The van der Waals surface area contributed by atoms with Crippen LogP contribution in [0.15, 0.2) is 0 Å². The number of hydrogen-bond donors (Lipinski definition) is 2. The molecule has 0 aliphatic heterocycles. The van der Waals surface area contributed by atoms with Gasteiger partial charge in [0.1, 0.15) is 5.54 Å². The fraction of sp³-hybridized carbons (Fsp3) is 0.900. The highest BCUT2D eigenvalue weighted by molar-refractivity contribution is 7.91. The number of carbonyl (C=O) groups is 1. The second-order valence-corrected chi connectivity index (χ2v) is 6.37. The molecule has 0 bridgehead atoms. The van der Waals surface area contributed by atoms with Gasteiger partial charge < -0.3 is 10.4 Å². The van der Waals surface area contributed by atoms with Crippen molar-refractivity contribution in [2.75, 3.05) is 18.1 Å². The van der Waals surface area contributed by atoms with E-state index in [1.165, 1.54) is 0 Å². The van der Waals surface area contributed by atoms with E-state index in [-0.39, 0.29) is 18.1 Å². The molecule has 1 atom stereocenters. The maximum Gasteiger partial charge on any atom is 0.323 e. The predicted octanol–water partition coefficient (Wildman–Crippen LogP) is 0.654. The molecule has 96 valence electrons. The highest BCUT2D eigenvalue weighted by Crippen LogP contribution is 2.08. The van der Waals surface area contributed by atoms with Crippen molar-refractivity contribution in [1.29, 1.82) is 0 Å². The van der Waals surface area contributed by atoms with Crippen molar-refractivity contribution < 1.29 is 18.3 Å². The second-order valence-electron chi connectivity index (χ2n) is 4.07. The normalized spacial score (nSPS) is 15.7. The zero-order valence-electron chi connectivity index (χ0n) is 10.1. The van der Waals surface area contributed by atoms with E-state index in [2.05, 4.69) is 5.32 Å². The van der Waals surface area contributed by atoms with Crippen LogP contribution in [0.25, 0.3) is 0 Å². The maximum absolute atomic E-state index is 11.4. The fourth-order valence-electron chi connectivity index (χ4n) is 1.25. The van der Waals surface area contributed by atoms with E-state index < -0.39 is 21.3 Å². The summed E-state index contributed by atoms with van der Waals surface area (Å²) >= 11 is 0. The van der Waals surface area contributed by atoms with E-state index in [9.17, 15) is 13.2 Å². The van der Waals surface area contributed by atoms with E-state index in [0.29, 0.717) is 12.8 Å². The van der Waals surface area contributed by atoms with Gasteiger partial charge in [-0.1, -0.05) is 13.8 Å². The van der Waals surface area contributed by atoms with Crippen LogP contribution in [-0.2, 0) is 14.6 Å². The number of rotatable bonds is 8. The molecule has 0 rings (SSSR count). The summed E-state index contributed by atoms with van der Waals surface area (Å²) in [7, 11) is -3.04. The molecule has 5 nitrogen and oxygen atoms in total. The first-order valence-electron chi connectivity index (χ1n) is 5.46. The molecule has 6 heteroatoms. The van der Waals surface area contributed by atoms with E-state index >= 15 is 0 Å². The summed E-state index contributed by atoms with van der Waals surface area (Å²) in [5, 5.41) is 11.7. The van der Waals surface area contributed by atoms with Gasteiger partial charge in [0, 0.05) is 12.3 Å². The number of carboxylic acid groups (broad SMARTS) is 1. The van der Waals surface area contributed by atoms with Gasteiger partial charge in [0.05, 0.1) is 5.75 Å². The number of nitrogens with one attached hydrogen (secondary N) is 1. The number of sulfone groups is 1. The first kappa shape index (κ1) is 15.4. The summed E-state index contributed by atoms with van der Waals surface area (Å²) in [6.45, 7) is 5.29. The zero-order valence-corrected chi connectivity index (χ0v) is 10.9. The summed E-state index contributed by atoms with van der Waals surface area (Å²) in [6.07, 6.45) is 1.00. The minimum atomic E-state index is -3.04. The lowest BCUT2D eigenvalue weighted by molar-refractivity contribution is -0.144. The van der Waals surface area contributed by atoms with E-state index in [0.717, 1.165) is 0 Å². The van der Waals surface area contributed by atoms with Crippen LogP contribution >= 0.6 is 0 Å². The van der Waals surface area contributed by atoms with Crippen LogP contribution in [-0.4, -0.2) is 43.1 Å². The summed E-state index contributed by atoms with van der Waals surface area (Å²) < 4.78 is 22.8. The quantitative estimate of drug-likeness (QED) is 0.662. The Morgan fingerprint density at radius 3 is 2.25 bits per heavy atom. The SMILES string of the molecule is CCCS(=O)(=O)CCNC(C)(CC)C(=O)O. The van der Waals surface area contributed by atoms with E-state index in [1.807, 2.05) is 0 Å². The highest BCUT2D eigenvalue weighted by Gasteiger charge is 2.30. The predicted molar refractivity (Wildman–Crippen MR) is 63.3 cm³/mol. The smallest absolute Gasteiger partial charge is 0.323 e. The third-order valence-electron chi connectivity index (χ3n) is 2.62. The molecule has 0 aromatic carbocycles. The summed E-state index contributed by atoms with van der Waals surface area (Å²) in [5.74, 6) is -0.809. The molecule has 0 fully saturated rings. The Balaban J connectivity index is 4.21. The van der Waals surface area contributed by atoms with Crippen LogP contribution in [0.2, 0.25) is 0 Å². The van der Waals surface area contributed by atoms with Gasteiger partial charge in [0.15, 0.2) is 9.84 Å². The van der Waals surface area contributed by atoms with Crippen LogP contribution in [0.3, 0.4) is 0 Å². The zero-order chi connectivity index (χ0) is 12.8. The fourth-order valence-corrected chi connectivity index (χ4v) is 2.49. The van der Waals surface area contributed by atoms with Crippen molar-refractivity contribution in [3.05, 3.63) is 0 Å². The topological polar surface area (TPSA) is 83.5 Å². The van der Waals surface area contributed by atoms with Gasteiger partial charge in [-0.2, -0.15) is 0 Å². The number of hydrogen-bond acceptors (Lipinski definition) is 4. The Hall–Kier alpha value is -0.620. The maximum atomic E-state index is 11.4.